The Kier molecular flexibility index (Phi) is 3.58. The number of nitrogen functional groups attached to an aromatic ring is 1. The SMILES string of the molecule is Nc1ccc(F)cc1C(=O)OCOCC1CC1. The summed E-state index contributed by atoms with van der Waals surface area (Å²) < 4.78 is 22.9. The summed E-state index contributed by atoms with van der Waals surface area (Å²) in [6.45, 7) is 0.483. The van der Waals surface area contributed by atoms with Gasteiger partial charge in [-0.25, -0.2) is 9.18 Å². The molecule has 1 aromatic rings. The Morgan fingerprint density at radius 3 is 2.94 bits per heavy atom. The average molecular weight is 239 g/mol. The molecule has 17 heavy (non-hydrogen) atoms. The molecule has 0 aliphatic heterocycles. The summed E-state index contributed by atoms with van der Waals surface area (Å²) in [5.41, 5.74) is 5.77. The van der Waals surface area contributed by atoms with Crippen molar-refractivity contribution in [1.29, 1.82) is 0 Å². The smallest absolute Gasteiger partial charge is 0.342 e. The Bertz CT molecular complexity index is 418. The largest absolute Gasteiger partial charge is 0.435 e. The van der Waals surface area contributed by atoms with Gasteiger partial charge in [-0.3, -0.25) is 0 Å². The maximum absolute atomic E-state index is 12.9. The van der Waals surface area contributed by atoms with E-state index in [1.807, 2.05) is 0 Å². The molecule has 2 rings (SSSR count). The van der Waals surface area contributed by atoms with Crippen LogP contribution in [-0.4, -0.2) is 19.4 Å². The molecule has 0 heterocycles. The minimum Gasteiger partial charge on any atom is -0.435 e. The van der Waals surface area contributed by atoms with Crippen LogP contribution in [0.1, 0.15) is 23.2 Å². The molecule has 1 fully saturated rings. The van der Waals surface area contributed by atoms with Crippen LogP contribution in [0.5, 0.6) is 0 Å². The molecule has 1 saturated carbocycles. The highest BCUT2D eigenvalue weighted by atomic mass is 19.1. The van der Waals surface area contributed by atoms with E-state index in [0.29, 0.717) is 12.5 Å². The molecule has 2 N–H and O–H groups in total. The Hall–Kier alpha value is -1.62. The minimum absolute atomic E-state index is 0.0278. The van der Waals surface area contributed by atoms with Gasteiger partial charge in [0, 0.05) is 5.69 Å². The lowest BCUT2D eigenvalue weighted by atomic mass is 10.2. The lowest BCUT2D eigenvalue weighted by molar-refractivity contribution is -0.0344. The van der Waals surface area contributed by atoms with Crippen LogP contribution < -0.4 is 5.73 Å². The topological polar surface area (TPSA) is 61.6 Å². The van der Waals surface area contributed by atoms with Crippen molar-refractivity contribution >= 4 is 11.7 Å². The number of esters is 1. The molecule has 1 aliphatic carbocycles. The van der Waals surface area contributed by atoms with Crippen LogP contribution in [0.2, 0.25) is 0 Å². The zero-order valence-electron chi connectivity index (χ0n) is 9.32. The van der Waals surface area contributed by atoms with E-state index < -0.39 is 11.8 Å². The second-order valence-corrected chi connectivity index (χ2v) is 4.10. The number of rotatable bonds is 5. The number of ether oxygens (including phenoxy) is 2. The third-order valence-electron chi connectivity index (χ3n) is 2.56. The van der Waals surface area contributed by atoms with Crippen molar-refractivity contribution in [1.82, 2.24) is 0 Å². The molecule has 0 aromatic heterocycles. The van der Waals surface area contributed by atoms with E-state index in [9.17, 15) is 9.18 Å². The van der Waals surface area contributed by atoms with Gasteiger partial charge in [0.1, 0.15) is 5.82 Å². The zero-order valence-corrected chi connectivity index (χ0v) is 9.32. The summed E-state index contributed by atoms with van der Waals surface area (Å²) in [4.78, 5) is 11.5. The van der Waals surface area contributed by atoms with Crippen molar-refractivity contribution in [3.8, 4) is 0 Å². The first-order valence-corrected chi connectivity index (χ1v) is 5.46. The maximum Gasteiger partial charge on any atom is 0.342 e. The molecule has 1 aromatic carbocycles. The third-order valence-corrected chi connectivity index (χ3v) is 2.56. The number of hydrogen-bond acceptors (Lipinski definition) is 4. The summed E-state index contributed by atoms with van der Waals surface area (Å²) in [6.07, 6.45) is 2.34. The summed E-state index contributed by atoms with van der Waals surface area (Å²) in [7, 11) is 0. The zero-order chi connectivity index (χ0) is 12.3. The Morgan fingerprint density at radius 1 is 1.47 bits per heavy atom. The van der Waals surface area contributed by atoms with E-state index in [4.69, 9.17) is 15.2 Å². The second-order valence-electron chi connectivity index (χ2n) is 4.10. The number of hydrogen-bond donors (Lipinski definition) is 1. The molecule has 0 bridgehead atoms. The summed E-state index contributed by atoms with van der Waals surface area (Å²) >= 11 is 0. The van der Waals surface area contributed by atoms with Gasteiger partial charge in [0.25, 0.3) is 0 Å². The van der Waals surface area contributed by atoms with Gasteiger partial charge in [-0.2, -0.15) is 0 Å². The van der Waals surface area contributed by atoms with Crippen molar-refractivity contribution < 1.29 is 18.7 Å². The van der Waals surface area contributed by atoms with Crippen molar-refractivity contribution in [2.24, 2.45) is 5.92 Å². The molecule has 0 spiro atoms. The van der Waals surface area contributed by atoms with Crippen LogP contribution in [0, 0.1) is 11.7 Å². The van der Waals surface area contributed by atoms with E-state index in [0.717, 1.165) is 6.07 Å². The summed E-state index contributed by atoms with van der Waals surface area (Å²) in [6, 6.07) is 3.57. The van der Waals surface area contributed by atoms with E-state index in [1.54, 1.807) is 0 Å². The predicted octanol–water partition coefficient (Wildman–Crippen LogP) is 1.95. The first-order chi connectivity index (χ1) is 8.16. The Morgan fingerprint density at radius 2 is 2.24 bits per heavy atom. The fraction of sp³-hybridized carbons (Fsp3) is 0.417. The highest BCUT2D eigenvalue weighted by Crippen LogP contribution is 2.28. The summed E-state index contributed by atoms with van der Waals surface area (Å²) in [5, 5.41) is 0. The molecular weight excluding hydrogens is 225 g/mol. The van der Waals surface area contributed by atoms with Crippen molar-refractivity contribution in [2.75, 3.05) is 19.1 Å². The molecule has 0 amide bonds. The summed E-state index contributed by atoms with van der Waals surface area (Å²) in [5.74, 6) is -0.587. The second kappa shape index (κ2) is 5.14. The van der Waals surface area contributed by atoms with Crippen molar-refractivity contribution in [3.05, 3.63) is 29.6 Å². The molecular formula is C12H14FNO3. The Balaban J connectivity index is 1.82. The maximum atomic E-state index is 12.9. The molecule has 0 radical (unpaired) electrons. The number of benzene rings is 1. The quantitative estimate of drug-likeness (QED) is 0.369. The normalized spacial score (nSPS) is 14.6. The van der Waals surface area contributed by atoms with Crippen molar-refractivity contribution in [2.45, 2.75) is 12.8 Å². The lowest BCUT2D eigenvalue weighted by Crippen LogP contribution is -2.12. The standard InChI is InChI=1S/C12H14FNO3/c13-9-3-4-11(14)10(5-9)12(15)17-7-16-6-8-1-2-8/h3-5,8H,1-2,6-7,14H2. The first kappa shape index (κ1) is 11.9. The van der Waals surface area contributed by atoms with Gasteiger partial charge in [0.2, 0.25) is 0 Å². The molecule has 5 heteroatoms. The number of nitrogens with two attached hydrogens (primary N) is 1. The van der Waals surface area contributed by atoms with Gasteiger partial charge >= 0.3 is 5.97 Å². The first-order valence-electron chi connectivity index (χ1n) is 5.46. The molecule has 0 unspecified atom stereocenters. The number of carbonyl (C=O) groups is 1. The highest BCUT2D eigenvalue weighted by molar-refractivity contribution is 5.94. The fourth-order valence-corrected chi connectivity index (χ4v) is 1.38. The fourth-order valence-electron chi connectivity index (χ4n) is 1.38. The van der Waals surface area contributed by atoms with Crippen LogP contribution in [0.15, 0.2) is 18.2 Å². The van der Waals surface area contributed by atoms with Gasteiger partial charge in [0.15, 0.2) is 6.79 Å². The molecule has 4 nitrogen and oxygen atoms in total. The predicted molar refractivity (Wildman–Crippen MR) is 59.8 cm³/mol. The Labute approximate surface area is 98.5 Å². The van der Waals surface area contributed by atoms with Crippen LogP contribution in [-0.2, 0) is 9.47 Å². The van der Waals surface area contributed by atoms with E-state index in [1.165, 1.54) is 25.0 Å². The number of carbonyl (C=O) groups excluding carboxylic acids is 1. The molecule has 1 aliphatic rings. The van der Waals surface area contributed by atoms with E-state index in [2.05, 4.69) is 0 Å². The van der Waals surface area contributed by atoms with Gasteiger partial charge in [-0.15, -0.1) is 0 Å². The average Bonchev–Trinajstić information content (AvgIpc) is 3.11. The van der Waals surface area contributed by atoms with Gasteiger partial charge in [0.05, 0.1) is 12.2 Å². The lowest BCUT2D eigenvalue weighted by Gasteiger charge is -2.07. The molecule has 92 valence electrons. The van der Waals surface area contributed by atoms with E-state index in [-0.39, 0.29) is 18.0 Å². The number of halogens is 1. The van der Waals surface area contributed by atoms with Crippen LogP contribution >= 0.6 is 0 Å². The van der Waals surface area contributed by atoms with Gasteiger partial charge in [-0.05, 0) is 37.0 Å². The monoisotopic (exact) mass is 239 g/mol. The number of anilines is 1. The van der Waals surface area contributed by atoms with Gasteiger partial charge < -0.3 is 15.2 Å². The third kappa shape index (κ3) is 3.42. The highest BCUT2D eigenvalue weighted by Gasteiger charge is 2.21. The van der Waals surface area contributed by atoms with Crippen molar-refractivity contribution in [3.63, 3.8) is 0 Å². The van der Waals surface area contributed by atoms with Gasteiger partial charge in [-0.1, -0.05) is 0 Å². The molecule has 0 saturated heterocycles. The van der Waals surface area contributed by atoms with Crippen LogP contribution in [0.25, 0.3) is 0 Å². The van der Waals surface area contributed by atoms with Crippen LogP contribution in [0.4, 0.5) is 10.1 Å². The minimum atomic E-state index is -0.669. The molecule has 0 atom stereocenters. The van der Waals surface area contributed by atoms with Crippen LogP contribution in [0.3, 0.4) is 0 Å². The van der Waals surface area contributed by atoms with E-state index >= 15 is 0 Å².